The van der Waals surface area contributed by atoms with E-state index in [4.69, 9.17) is 10.3 Å². The summed E-state index contributed by atoms with van der Waals surface area (Å²) in [6.45, 7) is 1.78. The van der Waals surface area contributed by atoms with Crippen molar-refractivity contribution in [2.45, 2.75) is 38.4 Å². The summed E-state index contributed by atoms with van der Waals surface area (Å²) in [4.78, 5) is 6.57. The van der Waals surface area contributed by atoms with Gasteiger partial charge in [0.05, 0.1) is 13.1 Å². The molecule has 5 nitrogen and oxygen atoms in total. The van der Waals surface area contributed by atoms with Gasteiger partial charge in [-0.3, -0.25) is 4.90 Å². The fourth-order valence-corrected chi connectivity index (χ4v) is 2.41. The number of hydrogen-bond acceptors (Lipinski definition) is 5. The molecule has 120 valence electrons. The van der Waals surface area contributed by atoms with Crippen LogP contribution in [0.15, 0.2) is 28.8 Å². The summed E-state index contributed by atoms with van der Waals surface area (Å²) in [7, 11) is 0. The molecular formula is C15H20ClFN4O. The monoisotopic (exact) mass is 326 g/mol. The van der Waals surface area contributed by atoms with Gasteiger partial charge < -0.3 is 10.3 Å². The first kappa shape index (κ1) is 16.9. The van der Waals surface area contributed by atoms with E-state index < -0.39 is 0 Å². The summed E-state index contributed by atoms with van der Waals surface area (Å²) in [5.41, 5.74) is 6.48. The molecule has 2 N–H and O–H groups in total. The zero-order valence-electron chi connectivity index (χ0n) is 12.2. The molecule has 1 aliphatic carbocycles. The zero-order chi connectivity index (χ0) is 14.7. The van der Waals surface area contributed by atoms with Gasteiger partial charge in [0, 0.05) is 12.6 Å². The Bertz CT molecular complexity index is 603. The molecule has 7 heteroatoms. The van der Waals surface area contributed by atoms with Gasteiger partial charge in [-0.05, 0) is 37.0 Å². The molecule has 0 saturated heterocycles. The maximum Gasteiger partial charge on any atom is 0.240 e. The van der Waals surface area contributed by atoms with Crippen LogP contribution in [0.3, 0.4) is 0 Å². The second-order valence-electron chi connectivity index (χ2n) is 5.39. The third kappa shape index (κ3) is 4.50. The number of nitrogens with zero attached hydrogens (tertiary/aromatic N) is 3. The van der Waals surface area contributed by atoms with Crippen molar-refractivity contribution in [1.82, 2.24) is 15.0 Å². The molecule has 1 saturated carbocycles. The summed E-state index contributed by atoms with van der Waals surface area (Å²) in [5.74, 6) is 0.948. The van der Waals surface area contributed by atoms with Crippen LogP contribution in [-0.4, -0.2) is 27.6 Å². The Morgan fingerprint density at radius 1 is 1.36 bits per heavy atom. The summed E-state index contributed by atoms with van der Waals surface area (Å²) >= 11 is 0. The van der Waals surface area contributed by atoms with E-state index in [1.807, 2.05) is 6.07 Å². The van der Waals surface area contributed by atoms with Crippen LogP contribution >= 0.6 is 12.4 Å². The van der Waals surface area contributed by atoms with Gasteiger partial charge in [0.2, 0.25) is 5.89 Å². The lowest BCUT2D eigenvalue weighted by molar-refractivity contribution is 0.246. The highest BCUT2D eigenvalue weighted by molar-refractivity contribution is 5.85. The maximum atomic E-state index is 13.2. The van der Waals surface area contributed by atoms with Crippen LogP contribution in [0.1, 0.15) is 30.1 Å². The first-order valence-corrected chi connectivity index (χ1v) is 7.24. The van der Waals surface area contributed by atoms with Crippen molar-refractivity contribution in [3.05, 3.63) is 47.4 Å². The number of aromatic nitrogens is 2. The topological polar surface area (TPSA) is 68.2 Å². The minimum Gasteiger partial charge on any atom is -0.338 e. The second-order valence-corrected chi connectivity index (χ2v) is 5.39. The largest absolute Gasteiger partial charge is 0.338 e. The summed E-state index contributed by atoms with van der Waals surface area (Å²) < 4.78 is 18.2. The highest BCUT2D eigenvalue weighted by atomic mass is 35.5. The van der Waals surface area contributed by atoms with Crippen LogP contribution in [0, 0.1) is 5.82 Å². The molecule has 0 unspecified atom stereocenters. The molecule has 0 aliphatic heterocycles. The molecule has 22 heavy (non-hydrogen) atoms. The van der Waals surface area contributed by atoms with Crippen molar-refractivity contribution in [3.8, 4) is 0 Å². The van der Waals surface area contributed by atoms with Gasteiger partial charge in [-0.2, -0.15) is 4.98 Å². The Hall–Kier alpha value is -1.50. The van der Waals surface area contributed by atoms with Gasteiger partial charge >= 0.3 is 0 Å². The zero-order valence-corrected chi connectivity index (χ0v) is 13.1. The molecular weight excluding hydrogens is 307 g/mol. The van der Waals surface area contributed by atoms with Crippen LogP contribution < -0.4 is 5.73 Å². The average Bonchev–Trinajstić information content (AvgIpc) is 3.23. The molecule has 0 amide bonds. The Morgan fingerprint density at radius 2 is 2.18 bits per heavy atom. The van der Waals surface area contributed by atoms with E-state index in [1.165, 1.54) is 18.9 Å². The van der Waals surface area contributed by atoms with E-state index >= 15 is 0 Å². The highest BCUT2D eigenvalue weighted by Gasteiger charge is 2.29. The van der Waals surface area contributed by atoms with Crippen LogP contribution in [0.4, 0.5) is 4.39 Å². The first-order chi connectivity index (χ1) is 10.2. The fourth-order valence-electron chi connectivity index (χ4n) is 2.41. The van der Waals surface area contributed by atoms with E-state index in [1.54, 1.807) is 12.1 Å². The van der Waals surface area contributed by atoms with E-state index in [-0.39, 0.29) is 24.8 Å². The Labute approximate surface area is 135 Å². The lowest BCUT2D eigenvalue weighted by Gasteiger charge is -2.20. The minimum atomic E-state index is -0.184. The van der Waals surface area contributed by atoms with E-state index in [0.29, 0.717) is 24.3 Å². The molecule has 3 rings (SSSR count). The molecule has 1 heterocycles. The minimum absolute atomic E-state index is 0. The van der Waals surface area contributed by atoms with Crippen LogP contribution in [0.25, 0.3) is 0 Å². The first-order valence-electron chi connectivity index (χ1n) is 7.24. The summed E-state index contributed by atoms with van der Waals surface area (Å²) in [6.07, 6.45) is 3.21. The van der Waals surface area contributed by atoms with E-state index in [9.17, 15) is 4.39 Å². The fraction of sp³-hybridized carbons (Fsp3) is 0.467. The maximum absolute atomic E-state index is 13.2. The molecule has 2 aromatic rings. The number of rotatable bonds is 7. The van der Waals surface area contributed by atoms with E-state index in [0.717, 1.165) is 18.5 Å². The van der Waals surface area contributed by atoms with Crippen molar-refractivity contribution in [2.24, 2.45) is 5.73 Å². The lowest BCUT2D eigenvalue weighted by Crippen LogP contribution is -2.28. The van der Waals surface area contributed by atoms with Crippen molar-refractivity contribution in [2.75, 3.05) is 6.54 Å². The molecule has 0 atom stereocenters. The second kappa shape index (κ2) is 7.67. The summed E-state index contributed by atoms with van der Waals surface area (Å²) in [6, 6.07) is 7.34. The third-order valence-electron chi connectivity index (χ3n) is 3.67. The van der Waals surface area contributed by atoms with Crippen molar-refractivity contribution >= 4 is 12.4 Å². The van der Waals surface area contributed by atoms with Crippen molar-refractivity contribution in [3.63, 3.8) is 0 Å². The number of hydrogen-bond donors (Lipinski definition) is 1. The van der Waals surface area contributed by atoms with Gasteiger partial charge in [-0.25, -0.2) is 4.39 Å². The van der Waals surface area contributed by atoms with Gasteiger partial charge in [-0.1, -0.05) is 17.3 Å². The van der Waals surface area contributed by atoms with Gasteiger partial charge in [0.1, 0.15) is 5.82 Å². The molecule has 1 fully saturated rings. The summed E-state index contributed by atoms with van der Waals surface area (Å²) in [5, 5.41) is 3.94. The normalized spacial score (nSPS) is 14.1. The molecule has 0 spiro atoms. The predicted octanol–water partition coefficient (Wildman–Crippen LogP) is 2.30. The molecule has 1 aromatic heterocycles. The standard InChI is InChI=1S/C15H19FN4O.ClH/c16-12-3-1-2-11(8-12)6-7-20(13-4-5-13)10-14-18-15(9-17)21-19-14;/h1-3,8,13H,4-7,9-10,17H2;1H. The Balaban J connectivity index is 0.00000176. The van der Waals surface area contributed by atoms with Gasteiger partial charge in [0.15, 0.2) is 5.82 Å². The third-order valence-corrected chi connectivity index (χ3v) is 3.67. The lowest BCUT2D eigenvalue weighted by atomic mass is 10.1. The average molecular weight is 327 g/mol. The van der Waals surface area contributed by atoms with Crippen LogP contribution in [-0.2, 0) is 19.5 Å². The Kier molecular flexibility index (Phi) is 5.88. The quantitative estimate of drug-likeness (QED) is 0.845. The van der Waals surface area contributed by atoms with Crippen LogP contribution in [0.2, 0.25) is 0 Å². The predicted molar refractivity (Wildman–Crippen MR) is 83.0 cm³/mol. The number of benzene rings is 1. The van der Waals surface area contributed by atoms with Gasteiger partial charge in [0.25, 0.3) is 0 Å². The van der Waals surface area contributed by atoms with Crippen LogP contribution in [0.5, 0.6) is 0 Å². The SMILES string of the molecule is Cl.NCc1nc(CN(CCc2cccc(F)c2)C2CC2)no1. The smallest absolute Gasteiger partial charge is 0.240 e. The van der Waals surface area contributed by atoms with Gasteiger partial charge in [-0.15, -0.1) is 12.4 Å². The highest BCUT2D eigenvalue weighted by Crippen LogP contribution is 2.28. The molecule has 1 aromatic carbocycles. The number of halogens is 2. The number of nitrogens with two attached hydrogens (primary N) is 1. The molecule has 0 bridgehead atoms. The molecule has 0 radical (unpaired) electrons. The van der Waals surface area contributed by atoms with E-state index in [2.05, 4.69) is 15.0 Å². The Morgan fingerprint density at radius 3 is 2.82 bits per heavy atom. The van der Waals surface area contributed by atoms with Crippen molar-refractivity contribution < 1.29 is 8.91 Å². The van der Waals surface area contributed by atoms with Crippen molar-refractivity contribution in [1.29, 1.82) is 0 Å². The molecule has 1 aliphatic rings.